The molecule has 0 amide bonds. The van der Waals surface area contributed by atoms with Crippen LogP contribution in [0.3, 0.4) is 0 Å². The lowest BCUT2D eigenvalue weighted by Crippen LogP contribution is -2.50. The molecule has 2 aliphatic heterocycles. The molecule has 2 heterocycles. The molecule has 106 valence electrons. The predicted octanol–water partition coefficient (Wildman–Crippen LogP) is 1.98. The fourth-order valence-electron chi connectivity index (χ4n) is 3.35. The van der Waals surface area contributed by atoms with Gasteiger partial charge in [0, 0.05) is 31.7 Å². The Labute approximate surface area is 112 Å². The van der Waals surface area contributed by atoms with Crippen LogP contribution in [0.4, 0.5) is 0 Å². The van der Waals surface area contributed by atoms with Gasteiger partial charge in [-0.25, -0.2) is 0 Å². The zero-order chi connectivity index (χ0) is 13.0. The average Bonchev–Trinajstić information content (AvgIpc) is 2.37. The van der Waals surface area contributed by atoms with Crippen molar-refractivity contribution < 1.29 is 4.74 Å². The van der Waals surface area contributed by atoms with Gasteiger partial charge < -0.3 is 15.0 Å². The zero-order valence-electron chi connectivity index (χ0n) is 12.3. The minimum absolute atomic E-state index is 0.665. The molecule has 0 saturated carbocycles. The maximum Gasteiger partial charge on any atom is 0.0521 e. The topological polar surface area (TPSA) is 24.5 Å². The second kappa shape index (κ2) is 6.88. The number of hydrogen-bond acceptors (Lipinski definition) is 3. The third-order valence-electron chi connectivity index (χ3n) is 4.85. The van der Waals surface area contributed by atoms with Crippen molar-refractivity contribution in [1.82, 2.24) is 10.2 Å². The van der Waals surface area contributed by atoms with E-state index in [1.165, 1.54) is 32.5 Å². The normalized spacial score (nSPS) is 38.8. The van der Waals surface area contributed by atoms with Crippen molar-refractivity contribution in [3.63, 3.8) is 0 Å². The van der Waals surface area contributed by atoms with Gasteiger partial charge in [-0.3, -0.25) is 0 Å². The molecule has 4 atom stereocenters. The van der Waals surface area contributed by atoms with E-state index < -0.39 is 0 Å². The SMILES string of the molecule is CCNC1CCOCC1CN1CCC(C)C(C)C1. The highest BCUT2D eigenvalue weighted by molar-refractivity contribution is 4.84. The van der Waals surface area contributed by atoms with Gasteiger partial charge in [0.25, 0.3) is 0 Å². The predicted molar refractivity (Wildman–Crippen MR) is 75.8 cm³/mol. The quantitative estimate of drug-likeness (QED) is 0.830. The number of nitrogens with zero attached hydrogens (tertiary/aromatic N) is 1. The van der Waals surface area contributed by atoms with Crippen LogP contribution in [-0.2, 0) is 4.74 Å². The molecule has 0 bridgehead atoms. The monoisotopic (exact) mass is 254 g/mol. The van der Waals surface area contributed by atoms with E-state index in [0.29, 0.717) is 12.0 Å². The van der Waals surface area contributed by atoms with Crippen molar-refractivity contribution in [3.05, 3.63) is 0 Å². The highest BCUT2D eigenvalue weighted by Crippen LogP contribution is 2.24. The van der Waals surface area contributed by atoms with Gasteiger partial charge in [-0.1, -0.05) is 20.8 Å². The first-order valence-corrected chi connectivity index (χ1v) is 7.74. The fourth-order valence-corrected chi connectivity index (χ4v) is 3.35. The van der Waals surface area contributed by atoms with Crippen LogP contribution < -0.4 is 5.32 Å². The smallest absolute Gasteiger partial charge is 0.0521 e. The van der Waals surface area contributed by atoms with Crippen LogP contribution in [0.2, 0.25) is 0 Å². The van der Waals surface area contributed by atoms with E-state index in [2.05, 4.69) is 31.0 Å². The van der Waals surface area contributed by atoms with Crippen LogP contribution in [0.5, 0.6) is 0 Å². The molecule has 0 aliphatic carbocycles. The molecule has 2 saturated heterocycles. The summed E-state index contributed by atoms with van der Waals surface area (Å²) in [5, 5.41) is 3.64. The third kappa shape index (κ3) is 3.69. The molecule has 2 aliphatic rings. The number of hydrogen-bond donors (Lipinski definition) is 1. The van der Waals surface area contributed by atoms with Crippen molar-refractivity contribution in [1.29, 1.82) is 0 Å². The van der Waals surface area contributed by atoms with Crippen molar-refractivity contribution in [2.75, 3.05) is 39.4 Å². The van der Waals surface area contributed by atoms with Crippen molar-refractivity contribution in [2.24, 2.45) is 17.8 Å². The van der Waals surface area contributed by atoms with Crippen LogP contribution in [0.15, 0.2) is 0 Å². The van der Waals surface area contributed by atoms with E-state index in [9.17, 15) is 0 Å². The molecule has 0 radical (unpaired) electrons. The lowest BCUT2D eigenvalue weighted by molar-refractivity contribution is 0.00767. The molecule has 0 spiro atoms. The Balaban J connectivity index is 1.83. The third-order valence-corrected chi connectivity index (χ3v) is 4.85. The molecule has 2 rings (SSSR count). The molecule has 18 heavy (non-hydrogen) atoms. The molecule has 0 aromatic rings. The Morgan fingerprint density at radius 3 is 2.78 bits per heavy atom. The maximum absolute atomic E-state index is 5.68. The van der Waals surface area contributed by atoms with Gasteiger partial charge in [-0.2, -0.15) is 0 Å². The molecular weight excluding hydrogens is 224 g/mol. The van der Waals surface area contributed by atoms with Crippen molar-refractivity contribution >= 4 is 0 Å². The van der Waals surface area contributed by atoms with E-state index in [1.807, 2.05) is 0 Å². The highest BCUT2D eigenvalue weighted by atomic mass is 16.5. The summed E-state index contributed by atoms with van der Waals surface area (Å²) in [5.74, 6) is 2.42. The molecule has 4 unspecified atom stereocenters. The Morgan fingerprint density at radius 1 is 1.22 bits per heavy atom. The van der Waals surface area contributed by atoms with E-state index in [0.717, 1.165) is 31.6 Å². The summed E-state index contributed by atoms with van der Waals surface area (Å²) in [4.78, 5) is 2.66. The van der Waals surface area contributed by atoms with Gasteiger partial charge in [0.15, 0.2) is 0 Å². The maximum atomic E-state index is 5.68. The van der Waals surface area contributed by atoms with Crippen LogP contribution >= 0.6 is 0 Å². The number of rotatable bonds is 4. The summed E-state index contributed by atoms with van der Waals surface area (Å²) in [6, 6.07) is 0.665. The second-order valence-electron chi connectivity index (χ2n) is 6.29. The Kier molecular flexibility index (Phi) is 5.46. The summed E-state index contributed by atoms with van der Waals surface area (Å²) < 4.78 is 5.68. The average molecular weight is 254 g/mol. The van der Waals surface area contributed by atoms with Crippen LogP contribution in [0, 0.1) is 17.8 Å². The Hall–Kier alpha value is -0.120. The number of nitrogens with one attached hydrogen (secondary N) is 1. The molecule has 3 heteroatoms. The molecule has 0 aromatic heterocycles. The van der Waals surface area contributed by atoms with Gasteiger partial charge >= 0.3 is 0 Å². The van der Waals surface area contributed by atoms with Crippen molar-refractivity contribution in [2.45, 2.75) is 39.7 Å². The molecular formula is C15H30N2O. The van der Waals surface area contributed by atoms with Crippen molar-refractivity contribution in [3.8, 4) is 0 Å². The summed E-state index contributed by atoms with van der Waals surface area (Å²) in [7, 11) is 0. The lowest BCUT2D eigenvalue weighted by Gasteiger charge is -2.40. The summed E-state index contributed by atoms with van der Waals surface area (Å²) in [6.07, 6.45) is 2.54. The summed E-state index contributed by atoms with van der Waals surface area (Å²) in [5.41, 5.74) is 0. The zero-order valence-corrected chi connectivity index (χ0v) is 12.3. The standard InChI is InChI=1S/C15H30N2O/c1-4-16-15-6-8-18-11-14(15)10-17-7-5-12(2)13(3)9-17/h12-16H,4-11H2,1-3H3. The lowest BCUT2D eigenvalue weighted by atomic mass is 9.87. The van der Waals surface area contributed by atoms with Crippen LogP contribution in [0.1, 0.15) is 33.6 Å². The Bertz CT molecular complexity index is 245. The van der Waals surface area contributed by atoms with Gasteiger partial charge in [0.05, 0.1) is 6.61 Å². The molecule has 0 aromatic carbocycles. The van der Waals surface area contributed by atoms with Crippen LogP contribution in [0.25, 0.3) is 0 Å². The van der Waals surface area contributed by atoms with Gasteiger partial charge in [-0.15, -0.1) is 0 Å². The van der Waals surface area contributed by atoms with Gasteiger partial charge in [0.1, 0.15) is 0 Å². The molecule has 1 N–H and O–H groups in total. The molecule has 2 fully saturated rings. The molecule has 3 nitrogen and oxygen atoms in total. The first-order valence-electron chi connectivity index (χ1n) is 7.74. The second-order valence-corrected chi connectivity index (χ2v) is 6.29. The number of likely N-dealkylation sites (tertiary alicyclic amines) is 1. The van der Waals surface area contributed by atoms with Gasteiger partial charge in [0.2, 0.25) is 0 Å². The first kappa shape index (κ1) is 14.3. The van der Waals surface area contributed by atoms with Gasteiger partial charge in [-0.05, 0) is 37.8 Å². The summed E-state index contributed by atoms with van der Waals surface area (Å²) in [6.45, 7) is 13.7. The van der Waals surface area contributed by atoms with E-state index in [-0.39, 0.29) is 0 Å². The fraction of sp³-hybridized carbons (Fsp3) is 1.00. The first-order chi connectivity index (χ1) is 8.70. The van der Waals surface area contributed by atoms with E-state index >= 15 is 0 Å². The highest BCUT2D eigenvalue weighted by Gasteiger charge is 2.29. The van der Waals surface area contributed by atoms with E-state index in [1.54, 1.807) is 0 Å². The Morgan fingerprint density at radius 2 is 2.06 bits per heavy atom. The number of piperidine rings is 1. The largest absolute Gasteiger partial charge is 0.381 e. The number of ether oxygens (including phenoxy) is 1. The van der Waals surface area contributed by atoms with E-state index in [4.69, 9.17) is 4.74 Å². The minimum atomic E-state index is 0.665. The minimum Gasteiger partial charge on any atom is -0.381 e. The summed E-state index contributed by atoms with van der Waals surface area (Å²) >= 11 is 0. The van der Waals surface area contributed by atoms with Crippen LogP contribution in [-0.4, -0.2) is 50.3 Å².